The number of ether oxygens (including phenoxy) is 1. The monoisotopic (exact) mass is 354 g/mol. The molecule has 124 valence electrons. The SMILES string of the molecule is COc1cc(F)ccc1-c1noc2c(-c3cnccc3Cl)cccc12. The molecule has 4 aromatic rings. The summed E-state index contributed by atoms with van der Waals surface area (Å²) in [6.45, 7) is 0. The number of aromatic nitrogens is 2. The molecule has 4 rings (SSSR count). The van der Waals surface area contributed by atoms with Crippen LogP contribution in [0.2, 0.25) is 5.02 Å². The maximum absolute atomic E-state index is 13.5. The van der Waals surface area contributed by atoms with Gasteiger partial charge >= 0.3 is 0 Å². The van der Waals surface area contributed by atoms with E-state index in [-0.39, 0.29) is 5.82 Å². The highest BCUT2D eigenvalue weighted by Gasteiger charge is 2.18. The van der Waals surface area contributed by atoms with Gasteiger partial charge in [0.15, 0.2) is 5.58 Å². The predicted molar refractivity (Wildman–Crippen MR) is 94.2 cm³/mol. The molecule has 0 spiro atoms. The second-order valence-electron chi connectivity index (χ2n) is 5.41. The summed E-state index contributed by atoms with van der Waals surface area (Å²) in [4.78, 5) is 4.12. The van der Waals surface area contributed by atoms with Crippen LogP contribution >= 0.6 is 11.6 Å². The highest BCUT2D eigenvalue weighted by atomic mass is 35.5. The highest BCUT2D eigenvalue weighted by Crippen LogP contribution is 2.39. The van der Waals surface area contributed by atoms with Gasteiger partial charge in [0.2, 0.25) is 0 Å². The van der Waals surface area contributed by atoms with Crippen LogP contribution in [0.4, 0.5) is 4.39 Å². The normalized spacial score (nSPS) is 11.0. The lowest BCUT2D eigenvalue weighted by Crippen LogP contribution is -1.90. The summed E-state index contributed by atoms with van der Waals surface area (Å²) in [5, 5.41) is 5.53. The third-order valence-electron chi connectivity index (χ3n) is 3.98. The largest absolute Gasteiger partial charge is 0.496 e. The van der Waals surface area contributed by atoms with Gasteiger partial charge < -0.3 is 9.26 Å². The molecule has 0 fully saturated rings. The fourth-order valence-electron chi connectivity index (χ4n) is 2.81. The van der Waals surface area contributed by atoms with Crippen LogP contribution < -0.4 is 4.74 Å². The Labute approximate surface area is 147 Å². The Morgan fingerprint density at radius 2 is 1.96 bits per heavy atom. The van der Waals surface area contributed by atoms with Gasteiger partial charge in [-0.05, 0) is 24.3 Å². The van der Waals surface area contributed by atoms with Crippen LogP contribution in [-0.4, -0.2) is 17.3 Å². The molecule has 0 aliphatic heterocycles. The zero-order chi connectivity index (χ0) is 17.4. The molecule has 25 heavy (non-hydrogen) atoms. The number of methoxy groups -OCH3 is 1. The minimum Gasteiger partial charge on any atom is -0.496 e. The number of hydrogen-bond acceptors (Lipinski definition) is 4. The third kappa shape index (κ3) is 2.62. The molecule has 0 radical (unpaired) electrons. The number of hydrogen-bond donors (Lipinski definition) is 0. The van der Waals surface area contributed by atoms with Crippen LogP contribution in [0.15, 0.2) is 59.4 Å². The quantitative estimate of drug-likeness (QED) is 0.497. The Kier molecular flexibility index (Phi) is 3.86. The molecule has 4 nitrogen and oxygen atoms in total. The molecule has 2 heterocycles. The molecule has 2 aromatic heterocycles. The summed E-state index contributed by atoms with van der Waals surface area (Å²) < 4.78 is 24.3. The molecule has 0 unspecified atom stereocenters. The van der Waals surface area contributed by atoms with E-state index in [4.69, 9.17) is 20.9 Å². The second kappa shape index (κ2) is 6.18. The van der Waals surface area contributed by atoms with Gasteiger partial charge in [0.1, 0.15) is 17.3 Å². The number of rotatable bonds is 3. The number of fused-ring (bicyclic) bond motifs is 1. The Bertz CT molecular complexity index is 1080. The van der Waals surface area contributed by atoms with Crippen LogP contribution in [0.3, 0.4) is 0 Å². The van der Waals surface area contributed by atoms with Crippen molar-refractivity contribution in [3.8, 4) is 28.1 Å². The standard InChI is InChI=1S/C19H12ClFN2O2/c1-24-17-9-11(21)5-6-13(17)18-14-4-2-3-12(19(14)25-23-18)15-10-22-8-7-16(15)20/h2-10H,1H3. The van der Waals surface area contributed by atoms with Gasteiger partial charge in [0.25, 0.3) is 0 Å². The molecular formula is C19H12ClFN2O2. The molecule has 0 aliphatic carbocycles. The van der Waals surface area contributed by atoms with Gasteiger partial charge in [-0.1, -0.05) is 28.9 Å². The molecule has 0 saturated heterocycles. The minimum absolute atomic E-state index is 0.378. The van der Waals surface area contributed by atoms with Crippen molar-refractivity contribution in [2.24, 2.45) is 0 Å². The van der Waals surface area contributed by atoms with Gasteiger partial charge in [-0.15, -0.1) is 0 Å². The van der Waals surface area contributed by atoms with Crippen molar-refractivity contribution in [3.05, 3.63) is 65.7 Å². The van der Waals surface area contributed by atoms with Crippen molar-refractivity contribution in [2.45, 2.75) is 0 Å². The molecule has 0 saturated carbocycles. The zero-order valence-corrected chi connectivity index (χ0v) is 13.9. The number of para-hydroxylation sites is 1. The second-order valence-corrected chi connectivity index (χ2v) is 5.82. The van der Waals surface area contributed by atoms with E-state index in [1.807, 2.05) is 18.2 Å². The minimum atomic E-state index is -0.378. The van der Waals surface area contributed by atoms with E-state index in [0.29, 0.717) is 27.6 Å². The van der Waals surface area contributed by atoms with Crippen molar-refractivity contribution < 1.29 is 13.7 Å². The lowest BCUT2D eigenvalue weighted by molar-refractivity contribution is 0.411. The van der Waals surface area contributed by atoms with Crippen LogP contribution in [0, 0.1) is 5.82 Å². The van der Waals surface area contributed by atoms with Crippen molar-refractivity contribution >= 4 is 22.6 Å². The van der Waals surface area contributed by atoms with Gasteiger partial charge in [-0.2, -0.15) is 0 Å². The average molecular weight is 355 g/mol. The topological polar surface area (TPSA) is 48.2 Å². The summed E-state index contributed by atoms with van der Waals surface area (Å²) >= 11 is 6.28. The van der Waals surface area contributed by atoms with Crippen LogP contribution in [0.1, 0.15) is 0 Å². The molecule has 6 heteroatoms. The first-order valence-corrected chi connectivity index (χ1v) is 7.89. The highest BCUT2D eigenvalue weighted by molar-refractivity contribution is 6.33. The van der Waals surface area contributed by atoms with Gasteiger partial charge in [0.05, 0.1) is 17.5 Å². The van der Waals surface area contributed by atoms with Crippen LogP contribution in [-0.2, 0) is 0 Å². The van der Waals surface area contributed by atoms with Crippen molar-refractivity contribution in [2.75, 3.05) is 7.11 Å². The van der Waals surface area contributed by atoms with Crippen LogP contribution in [0.25, 0.3) is 33.4 Å². The maximum Gasteiger partial charge on any atom is 0.175 e. The number of benzene rings is 2. The van der Waals surface area contributed by atoms with Crippen LogP contribution in [0.5, 0.6) is 5.75 Å². The maximum atomic E-state index is 13.5. The van der Waals surface area contributed by atoms with E-state index in [0.717, 1.165) is 16.5 Å². The van der Waals surface area contributed by atoms with E-state index in [1.165, 1.54) is 19.2 Å². The summed E-state index contributed by atoms with van der Waals surface area (Å²) in [6.07, 6.45) is 3.30. The summed E-state index contributed by atoms with van der Waals surface area (Å²) in [5.74, 6) is 0.0104. The first kappa shape index (κ1) is 15.6. The van der Waals surface area contributed by atoms with Gasteiger partial charge in [-0.3, -0.25) is 4.98 Å². The van der Waals surface area contributed by atoms with Gasteiger partial charge in [0, 0.05) is 35.2 Å². The van der Waals surface area contributed by atoms with E-state index in [1.54, 1.807) is 24.5 Å². The fourth-order valence-corrected chi connectivity index (χ4v) is 3.01. The Hall–Kier alpha value is -2.92. The molecular weight excluding hydrogens is 343 g/mol. The lowest BCUT2D eigenvalue weighted by Gasteiger charge is -2.06. The van der Waals surface area contributed by atoms with Gasteiger partial charge in [-0.25, -0.2) is 4.39 Å². The molecule has 2 aromatic carbocycles. The zero-order valence-electron chi connectivity index (χ0n) is 13.2. The van der Waals surface area contributed by atoms with Crippen molar-refractivity contribution in [1.82, 2.24) is 10.1 Å². The van der Waals surface area contributed by atoms with Crippen molar-refractivity contribution in [3.63, 3.8) is 0 Å². The first-order chi connectivity index (χ1) is 12.2. The summed E-state index contributed by atoms with van der Waals surface area (Å²) in [6, 6.07) is 11.7. The Balaban J connectivity index is 1.96. The smallest absolute Gasteiger partial charge is 0.175 e. The lowest BCUT2D eigenvalue weighted by atomic mass is 10.0. The number of pyridine rings is 1. The van der Waals surface area contributed by atoms with E-state index in [9.17, 15) is 4.39 Å². The summed E-state index contributed by atoms with van der Waals surface area (Å²) in [5.41, 5.74) is 3.35. The first-order valence-electron chi connectivity index (χ1n) is 7.51. The van der Waals surface area contributed by atoms with E-state index >= 15 is 0 Å². The molecule has 0 atom stereocenters. The third-order valence-corrected chi connectivity index (χ3v) is 4.30. The van der Waals surface area contributed by atoms with E-state index < -0.39 is 0 Å². The molecule has 0 aliphatic rings. The Morgan fingerprint density at radius 3 is 2.76 bits per heavy atom. The van der Waals surface area contributed by atoms with Crippen molar-refractivity contribution in [1.29, 1.82) is 0 Å². The van der Waals surface area contributed by atoms with E-state index in [2.05, 4.69) is 10.1 Å². The average Bonchev–Trinajstić information content (AvgIpc) is 3.06. The molecule has 0 N–H and O–H groups in total. The molecule has 0 amide bonds. The number of nitrogens with zero attached hydrogens (tertiary/aromatic N) is 2. The fraction of sp³-hybridized carbons (Fsp3) is 0.0526. The predicted octanol–water partition coefficient (Wildman–Crippen LogP) is 5.36. The molecule has 0 bridgehead atoms. The summed E-state index contributed by atoms with van der Waals surface area (Å²) in [7, 11) is 1.49. The Morgan fingerprint density at radius 1 is 1.08 bits per heavy atom. The number of halogens is 2.